The first kappa shape index (κ1) is 26.4. The second kappa shape index (κ2) is 10.8. The van der Waals surface area contributed by atoms with Gasteiger partial charge in [0.1, 0.15) is 11.9 Å². The average molecular weight is 525 g/mol. The van der Waals surface area contributed by atoms with Crippen molar-refractivity contribution in [3.8, 4) is 16.8 Å². The molecule has 2 heterocycles. The Morgan fingerprint density at radius 2 is 1.69 bits per heavy atom. The molecule has 0 bridgehead atoms. The van der Waals surface area contributed by atoms with Crippen LogP contribution in [-0.4, -0.2) is 38.6 Å². The van der Waals surface area contributed by atoms with Crippen LogP contribution in [0.5, 0.6) is 0 Å². The number of carbonyl (C=O) groups is 2. The van der Waals surface area contributed by atoms with Gasteiger partial charge < -0.3 is 10.2 Å². The van der Waals surface area contributed by atoms with E-state index < -0.39 is 6.04 Å². The van der Waals surface area contributed by atoms with Gasteiger partial charge in [-0.2, -0.15) is 0 Å². The number of aryl methyl sites for hydroxylation is 2. The van der Waals surface area contributed by atoms with Crippen molar-refractivity contribution >= 4 is 17.6 Å². The molecular formula is C32H33FN4O2. The van der Waals surface area contributed by atoms with Crippen LogP contribution in [-0.2, 0) is 9.59 Å². The maximum Gasteiger partial charge on any atom is 0.248 e. The number of nitrogens with one attached hydrogen (secondary N) is 1. The van der Waals surface area contributed by atoms with Gasteiger partial charge in [-0.1, -0.05) is 48.5 Å². The molecule has 1 aromatic heterocycles. The van der Waals surface area contributed by atoms with Crippen LogP contribution in [0.25, 0.3) is 16.8 Å². The van der Waals surface area contributed by atoms with E-state index in [0.717, 1.165) is 28.8 Å². The summed E-state index contributed by atoms with van der Waals surface area (Å²) in [5.41, 5.74) is 5.48. The van der Waals surface area contributed by atoms with Crippen molar-refractivity contribution in [3.63, 3.8) is 0 Å². The Balaban J connectivity index is 1.43. The highest BCUT2D eigenvalue weighted by atomic mass is 19.1. The number of nitrogens with zero attached hydrogens (tertiary/aromatic N) is 3. The summed E-state index contributed by atoms with van der Waals surface area (Å²) < 4.78 is 15.3. The van der Waals surface area contributed by atoms with Crippen molar-refractivity contribution in [2.24, 2.45) is 0 Å². The Labute approximate surface area is 228 Å². The summed E-state index contributed by atoms with van der Waals surface area (Å²) in [6, 6.07) is 21.1. The molecule has 5 rings (SSSR count). The standard InChI is InChI=1S/C32H33FN4O2/c1-20-10-12-25(18-21(20)2)23(4)32(39)37-22(3)11-17-29(37)31(38)34-30-28(24-13-15-26(33)16-14-24)19-36(35-30)27-8-6-5-7-9-27/h5-10,12-16,18-19,22-23,29H,11,17H2,1-4H3,(H,34,35,38)/t22?,23?,29-/m1/s1. The van der Waals surface area contributed by atoms with E-state index in [1.54, 1.807) is 21.7 Å². The summed E-state index contributed by atoms with van der Waals surface area (Å²) in [6.07, 6.45) is 3.14. The monoisotopic (exact) mass is 524 g/mol. The van der Waals surface area contributed by atoms with Crippen LogP contribution in [0.4, 0.5) is 10.2 Å². The highest BCUT2D eigenvalue weighted by Gasteiger charge is 2.41. The molecule has 1 aliphatic heterocycles. The minimum Gasteiger partial charge on any atom is -0.327 e. The van der Waals surface area contributed by atoms with Gasteiger partial charge in [0, 0.05) is 17.8 Å². The molecule has 0 spiro atoms. The predicted molar refractivity (Wildman–Crippen MR) is 151 cm³/mol. The molecule has 3 atom stereocenters. The van der Waals surface area contributed by atoms with E-state index in [2.05, 4.69) is 16.5 Å². The van der Waals surface area contributed by atoms with Crippen LogP contribution in [0.2, 0.25) is 0 Å². The number of hydrogen-bond donors (Lipinski definition) is 1. The molecule has 0 saturated carbocycles. The van der Waals surface area contributed by atoms with Crippen LogP contribution in [0, 0.1) is 19.7 Å². The van der Waals surface area contributed by atoms with Gasteiger partial charge in [-0.3, -0.25) is 9.59 Å². The van der Waals surface area contributed by atoms with Crippen LogP contribution in [0.1, 0.15) is 49.3 Å². The molecule has 1 fully saturated rings. The number of hydrogen-bond acceptors (Lipinski definition) is 3. The molecule has 0 radical (unpaired) electrons. The first-order valence-electron chi connectivity index (χ1n) is 13.3. The predicted octanol–water partition coefficient (Wildman–Crippen LogP) is 6.42. The summed E-state index contributed by atoms with van der Waals surface area (Å²) in [6.45, 7) is 7.98. The normalized spacial score (nSPS) is 17.7. The van der Waals surface area contributed by atoms with E-state index >= 15 is 0 Å². The van der Waals surface area contributed by atoms with Crippen molar-refractivity contribution < 1.29 is 14.0 Å². The van der Waals surface area contributed by atoms with E-state index in [-0.39, 0.29) is 29.6 Å². The highest BCUT2D eigenvalue weighted by molar-refractivity contribution is 6.00. The van der Waals surface area contributed by atoms with Crippen LogP contribution in [0.15, 0.2) is 79.0 Å². The van der Waals surface area contributed by atoms with Gasteiger partial charge >= 0.3 is 0 Å². The van der Waals surface area contributed by atoms with Gasteiger partial charge in [0.25, 0.3) is 0 Å². The minimum absolute atomic E-state index is 0.0549. The molecule has 6 nitrogen and oxygen atoms in total. The Morgan fingerprint density at radius 1 is 0.974 bits per heavy atom. The molecular weight excluding hydrogens is 491 g/mol. The van der Waals surface area contributed by atoms with Gasteiger partial charge in [-0.05, 0) is 87.1 Å². The minimum atomic E-state index is -0.607. The van der Waals surface area contributed by atoms with Crippen LogP contribution < -0.4 is 5.32 Å². The van der Waals surface area contributed by atoms with Crippen molar-refractivity contribution in [2.75, 3.05) is 5.32 Å². The van der Waals surface area contributed by atoms with Gasteiger partial charge in [0.15, 0.2) is 5.82 Å². The summed E-state index contributed by atoms with van der Waals surface area (Å²) in [5, 5.41) is 7.67. The van der Waals surface area contributed by atoms with Gasteiger partial charge in [-0.25, -0.2) is 9.07 Å². The zero-order valence-corrected chi connectivity index (χ0v) is 22.7. The summed E-state index contributed by atoms with van der Waals surface area (Å²) in [5.74, 6) is -0.678. The van der Waals surface area contributed by atoms with E-state index in [1.807, 2.05) is 76.4 Å². The smallest absolute Gasteiger partial charge is 0.248 e. The average Bonchev–Trinajstić information content (AvgIpc) is 3.54. The zero-order chi connectivity index (χ0) is 27.7. The number of anilines is 1. The first-order chi connectivity index (χ1) is 18.7. The maximum atomic E-state index is 13.7. The summed E-state index contributed by atoms with van der Waals surface area (Å²) in [7, 11) is 0. The Morgan fingerprint density at radius 3 is 2.38 bits per heavy atom. The number of benzene rings is 3. The van der Waals surface area contributed by atoms with Crippen LogP contribution in [0.3, 0.4) is 0 Å². The van der Waals surface area contributed by atoms with Gasteiger partial charge in [-0.15, -0.1) is 5.10 Å². The molecule has 0 aliphatic carbocycles. The van der Waals surface area contributed by atoms with Gasteiger partial charge in [0.2, 0.25) is 11.8 Å². The Hall–Kier alpha value is -4.26. The van der Waals surface area contributed by atoms with Crippen LogP contribution >= 0.6 is 0 Å². The number of rotatable bonds is 6. The lowest BCUT2D eigenvalue weighted by molar-refractivity contribution is -0.139. The van der Waals surface area contributed by atoms with Crippen molar-refractivity contribution in [1.82, 2.24) is 14.7 Å². The number of aromatic nitrogens is 2. The molecule has 7 heteroatoms. The molecule has 1 saturated heterocycles. The third-order valence-electron chi connectivity index (χ3n) is 7.76. The third-order valence-corrected chi connectivity index (χ3v) is 7.76. The SMILES string of the molecule is Cc1ccc(C(C)C(=O)N2C(C)CC[C@@H]2C(=O)Nc2nn(-c3ccccc3)cc2-c2ccc(F)cc2)cc1C. The first-order valence-corrected chi connectivity index (χ1v) is 13.3. The molecule has 4 aromatic rings. The van der Waals surface area contributed by atoms with E-state index in [9.17, 15) is 14.0 Å². The molecule has 39 heavy (non-hydrogen) atoms. The molecule has 3 aromatic carbocycles. The Bertz CT molecular complexity index is 1500. The Kier molecular flexibility index (Phi) is 7.33. The fraction of sp³-hybridized carbons (Fsp3) is 0.281. The topological polar surface area (TPSA) is 67.2 Å². The maximum absolute atomic E-state index is 13.7. The van der Waals surface area contributed by atoms with E-state index in [0.29, 0.717) is 17.8 Å². The van der Waals surface area contributed by atoms with E-state index in [4.69, 9.17) is 0 Å². The second-order valence-electron chi connectivity index (χ2n) is 10.4. The van der Waals surface area contributed by atoms with Crippen molar-refractivity contribution in [3.05, 3.63) is 102 Å². The highest BCUT2D eigenvalue weighted by Crippen LogP contribution is 2.33. The lowest BCUT2D eigenvalue weighted by atomic mass is 9.95. The largest absolute Gasteiger partial charge is 0.327 e. The zero-order valence-electron chi connectivity index (χ0n) is 22.7. The molecule has 2 unspecified atom stereocenters. The number of carbonyl (C=O) groups excluding carboxylic acids is 2. The molecule has 200 valence electrons. The number of likely N-dealkylation sites (tertiary alicyclic amines) is 1. The number of para-hydroxylation sites is 1. The van der Waals surface area contributed by atoms with Gasteiger partial charge in [0.05, 0.1) is 11.6 Å². The quantitative estimate of drug-likeness (QED) is 0.317. The van der Waals surface area contributed by atoms with Crippen molar-refractivity contribution in [2.45, 2.75) is 58.5 Å². The fourth-order valence-electron chi connectivity index (χ4n) is 5.23. The molecule has 1 aliphatic rings. The summed E-state index contributed by atoms with van der Waals surface area (Å²) in [4.78, 5) is 29.2. The second-order valence-corrected chi connectivity index (χ2v) is 10.4. The van der Waals surface area contributed by atoms with E-state index in [1.165, 1.54) is 17.7 Å². The third kappa shape index (κ3) is 5.35. The number of amides is 2. The van der Waals surface area contributed by atoms with Crippen molar-refractivity contribution in [1.29, 1.82) is 0 Å². The lowest BCUT2D eigenvalue weighted by Gasteiger charge is -2.30. The number of halogens is 1. The molecule has 2 amide bonds. The fourth-order valence-corrected chi connectivity index (χ4v) is 5.23. The lowest BCUT2D eigenvalue weighted by Crippen LogP contribution is -2.47. The summed E-state index contributed by atoms with van der Waals surface area (Å²) >= 11 is 0. The molecule has 1 N–H and O–H groups in total.